The van der Waals surface area contributed by atoms with Crippen LogP contribution in [0, 0.1) is 12.7 Å². The Kier molecular flexibility index (Phi) is 3.72. The van der Waals surface area contributed by atoms with E-state index in [4.69, 9.17) is 0 Å². The van der Waals surface area contributed by atoms with Crippen LogP contribution in [-0.4, -0.2) is 6.04 Å². The van der Waals surface area contributed by atoms with Crippen LogP contribution in [0.25, 0.3) is 0 Å². The van der Waals surface area contributed by atoms with Crippen LogP contribution in [0.1, 0.15) is 29.5 Å². The minimum absolute atomic E-state index is 0.113. The summed E-state index contributed by atoms with van der Waals surface area (Å²) in [4.78, 5) is 0. The van der Waals surface area contributed by atoms with E-state index in [1.54, 1.807) is 6.07 Å². The van der Waals surface area contributed by atoms with E-state index in [9.17, 15) is 4.39 Å². The summed E-state index contributed by atoms with van der Waals surface area (Å²) in [6.45, 7) is 1.83. The predicted molar refractivity (Wildman–Crippen MR) is 81.6 cm³/mol. The largest absolute Gasteiger partial charge is 0.382 e. The molecule has 2 heteroatoms. The van der Waals surface area contributed by atoms with E-state index < -0.39 is 0 Å². The van der Waals surface area contributed by atoms with Crippen molar-refractivity contribution in [3.05, 3.63) is 65.0 Å². The number of fused-ring (bicyclic) bond motifs is 1. The molecule has 0 saturated carbocycles. The van der Waals surface area contributed by atoms with E-state index in [0.717, 1.165) is 24.8 Å². The van der Waals surface area contributed by atoms with Gasteiger partial charge in [0.05, 0.1) is 0 Å². The quantitative estimate of drug-likeness (QED) is 0.865. The number of para-hydroxylation sites is 1. The number of hydrogen-bond donors (Lipinski definition) is 1. The van der Waals surface area contributed by atoms with Crippen LogP contribution < -0.4 is 5.32 Å². The summed E-state index contributed by atoms with van der Waals surface area (Å²) in [5.41, 5.74) is 4.66. The van der Waals surface area contributed by atoms with E-state index in [1.165, 1.54) is 23.2 Å². The molecule has 104 valence electrons. The maximum absolute atomic E-state index is 13.2. The lowest BCUT2D eigenvalue weighted by molar-refractivity contribution is 0.584. The lowest BCUT2D eigenvalue weighted by Crippen LogP contribution is -2.25. The van der Waals surface area contributed by atoms with Gasteiger partial charge in [0.25, 0.3) is 0 Å². The van der Waals surface area contributed by atoms with E-state index in [1.807, 2.05) is 19.1 Å². The van der Waals surface area contributed by atoms with Crippen LogP contribution >= 0.6 is 0 Å². The smallest absolute Gasteiger partial charge is 0.126 e. The van der Waals surface area contributed by atoms with Crippen LogP contribution in [0.15, 0.2) is 42.5 Å². The van der Waals surface area contributed by atoms with E-state index >= 15 is 0 Å². The number of aryl methyl sites for hydroxylation is 3. The van der Waals surface area contributed by atoms with Gasteiger partial charge in [-0.05, 0) is 61.4 Å². The first-order chi connectivity index (χ1) is 9.72. The molecular formula is C18H20FN. The van der Waals surface area contributed by atoms with E-state index in [-0.39, 0.29) is 5.82 Å². The van der Waals surface area contributed by atoms with Crippen molar-refractivity contribution < 1.29 is 4.39 Å². The van der Waals surface area contributed by atoms with Crippen molar-refractivity contribution in [2.24, 2.45) is 0 Å². The number of benzene rings is 2. The number of nitrogens with one attached hydrogen (secondary N) is 1. The lowest BCUT2D eigenvalue weighted by atomic mass is 9.94. The average Bonchev–Trinajstić information content (AvgIpc) is 2.48. The number of rotatable bonds is 3. The normalized spacial score (nSPS) is 17.4. The summed E-state index contributed by atoms with van der Waals surface area (Å²) in [5.74, 6) is -0.113. The standard InChI is InChI=1S/C18H20FN/c1-13-12-14(7-11-17(13)19)6-9-16-10-8-15-4-2-3-5-18(15)20-16/h2-5,7,11-12,16,20H,6,8-10H2,1H3. The van der Waals surface area contributed by atoms with Crippen LogP contribution in [-0.2, 0) is 12.8 Å². The molecule has 1 unspecified atom stereocenters. The molecule has 0 amide bonds. The molecule has 0 saturated heterocycles. The Morgan fingerprint density at radius 3 is 2.90 bits per heavy atom. The Hall–Kier alpha value is -1.83. The minimum atomic E-state index is -0.113. The molecule has 20 heavy (non-hydrogen) atoms. The van der Waals surface area contributed by atoms with E-state index in [0.29, 0.717) is 6.04 Å². The van der Waals surface area contributed by atoms with Gasteiger partial charge in [-0.1, -0.05) is 30.3 Å². The average molecular weight is 269 g/mol. The maximum Gasteiger partial charge on any atom is 0.126 e. The Morgan fingerprint density at radius 1 is 1.20 bits per heavy atom. The Bertz CT molecular complexity index is 606. The van der Waals surface area contributed by atoms with Gasteiger partial charge in [0.15, 0.2) is 0 Å². The zero-order chi connectivity index (χ0) is 13.9. The highest BCUT2D eigenvalue weighted by Gasteiger charge is 2.16. The fourth-order valence-corrected chi connectivity index (χ4v) is 2.92. The second-order valence-corrected chi connectivity index (χ2v) is 5.66. The van der Waals surface area contributed by atoms with Crippen molar-refractivity contribution in [2.75, 3.05) is 5.32 Å². The third kappa shape index (κ3) is 2.84. The third-order valence-corrected chi connectivity index (χ3v) is 4.14. The van der Waals surface area contributed by atoms with Gasteiger partial charge in [0.1, 0.15) is 5.82 Å². The fourth-order valence-electron chi connectivity index (χ4n) is 2.92. The molecule has 0 radical (unpaired) electrons. The van der Waals surface area contributed by atoms with Gasteiger partial charge < -0.3 is 5.32 Å². The summed E-state index contributed by atoms with van der Waals surface area (Å²) in [6, 6.07) is 14.5. The molecule has 1 atom stereocenters. The molecule has 1 nitrogen and oxygen atoms in total. The Morgan fingerprint density at radius 2 is 2.05 bits per heavy atom. The topological polar surface area (TPSA) is 12.0 Å². The van der Waals surface area contributed by atoms with Crippen molar-refractivity contribution in [2.45, 2.75) is 38.6 Å². The van der Waals surface area contributed by atoms with Gasteiger partial charge in [-0.25, -0.2) is 4.39 Å². The zero-order valence-corrected chi connectivity index (χ0v) is 11.8. The summed E-state index contributed by atoms with van der Waals surface area (Å²) in [7, 11) is 0. The molecule has 1 heterocycles. The molecule has 0 bridgehead atoms. The second kappa shape index (κ2) is 5.66. The summed E-state index contributed by atoms with van der Waals surface area (Å²) < 4.78 is 13.2. The fraction of sp³-hybridized carbons (Fsp3) is 0.333. The molecule has 3 rings (SSSR count). The summed E-state index contributed by atoms with van der Waals surface area (Å²) >= 11 is 0. The van der Waals surface area contributed by atoms with Crippen molar-refractivity contribution in [1.82, 2.24) is 0 Å². The first-order valence-electron chi connectivity index (χ1n) is 7.32. The maximum atomic E-state index is 13.2. The van der Waals surface area contributed by atoms with E-state index in [2.05, 4.69) is 29.6 Å². The highest BCUT2D eigenvalue weighted by molar-refractivity contribution is 5.53. The van der Waals surface area contributed by atoms with Crippen LogP contribution in [0.3, 0.4) is 0 Å². The molecule has 0 fully saturated rings. The third-order valence-electron chi connectivity index (χ3n) is 4.14. The van der Waals surface area contributed by atoms with Crippen molar-refractivity contribution in [3.63, 3.8) is 0 Å². The minimum Gasteiger partial charge on any atom is -0.382 e. The SMILES string of the molecule is Cc1cc(CCC2CCc3ccccc3N2)ccc1F. The van der Waals surface area contributed by atoms with Gasteiger partial charge >= 0.3 is 0 Å². The lowest BCUT2D eigenvalue weighted by Gasteiger charge is -2.27. The van der Waals surface area contributed by atoms with Crippen molar-refractivity contribution >= 4 is 5.69 Å². The molecule has 2 aromatic carbocycles. The first kappa shape index (κ1) is 13.2. The first-order valence-corrected chi connectivity index (χ1v) is 7.32. The molecule has 1 N–H and O–H groups in total. The Balaban J connectivity index is 1.61. The highest BCUT2D eigenvalue weighted by atomic mass is 19.1. The van der Waals surface area contributed by atoms with Gasteiger partial charge in [0.2, 0.25) is 0 Å². The molecule has 2 aromatic rings. The predicted octanol–water partition coefficient (Wildman–Crippen LogP) is 4.49. The number of anilines is 1. The highest BCUT2D eigenvalue weighted by Crippen LogP contribution is 2.26. The van der Waals surface area contributed by atoms with Crippen molar-refractivity contribution in [1.29, 1.82) is 0 Å². The van der Waals surface area contributed by atoms with Gasteiger partial charge in [-0.2, -0.15) is 0 Å². The van der Waals surface area contributed by atoms with Gasteiger partial charge in [-0.3, -0.25) is 0 Å². The molecule has 0 aromatic heterocycles. The second-order valence-electron chi connectivity index (χ2n) is 5.66. The summed E-state index contributed by atoms with van der Waals surface area (Å²) in [6.07, 6.45) is 4.42. The molecular weight excluding hydrogens is 249 g/mol. The van der Waals surface area contributed by atoms with Crippen LogP contribution in [0.5, 0.6) is 0 Å². The molecule has 1 aliphatic heterocycles. The summed E-state index contributed by atoms with van der Waals surface area (Å²) in [5, 5.41) is 3.62. The van der Waals surface area contributed by atoms with Crippen molar-refractivity contribution in [3.8, 4) is 0 Å². The Labute approximate surface area is 119 Å². The molecule has 1 aliphatic rings. The number of halogens is 1. The van der Waals surface area contributed by atoms with Crippen LogP contribution in [0.4, 0.5) is 10.1 Å². The molecule has 0 spiro atoms. The zero-order valence-electron chi connectivity index (χ0n) is 11.8. The van der Waals surface area contributed by atoms with Crippen LogP contribution in [0.2, 0.25) is 0 Å². The van der Waals surface area contributed by atoms with Gasteiger partial charge in [-0.15, -0.1) is 0 Å². The monoisotopic (exact) mass is 269 g/mol. The number of hydrogen-bond acceptors (Lipinski definition) is 1. The van der Waals surface area contributed by atoms with Gasteiger partial charge in [0, 0.05) is 11.7 Å². The molecule has 0 aliphatic carbocycles.